The lowest BCUT2D eigenvalue weighted by atomic mass is 10.0. The van der Waals surface area contributed by atoms with Crippen LogP contribution in [-0.2, 0) is 4.84 Å². The fraction of sp³-hybridized carbons (Fsp3) is 0.400. The van der Waals surface area contributed by atoms with Gasteiger partial charge in [-0.05, 0) is 30.2 Å². The fourth-order valence-electron chi connectivity index (χ4n) is 2.09. The summed E-state index contributed by atoms with van der Waals surface area (Å²) in [4.78, 5) is 9.77. The second-order valence-corrected chi connectivity index (χ2v) is 5.22. The first-order valence-corrected chi connectivity index (χ1v) is 6.88. The predicted molar refractivity (Wildman–Crippen MR) is 77.0 cm³/mol. The van der Waals surface area contributed by atoms with E-state index in [1.807, 2.05) is 24.3 Å². The highest BCUT2D eigenvalue weighted by atomic mass is 16.7. The number of hydrogen-bond acceptors (Lipinski definition) is 6. The van der Waals surface area contributed by atoms with Gasteiger partial charge in [0.15, 0.2) is 0 Å². The van der Waals surface area contributed by atoms with E-state index in [1.54, 1.807) is 7.11 Å². The zero-order valence-electron chi connectivity index (χ0n) is 12.2. The number of nitrogens with zero attached hydrogens (tertiary/aromatic N) is 3. The van der Waals surface area contributed by atoms with Gasteiger partial charge in [-0.2, -0.15) is 4.98 Å². The summed E-state index contributed by atoms with van der Waals surface area (Å²) in [5.41, 5.74) is 1.89. The summed E-state index contributed by atoms with van der Waals surface area (Å²) in [6, 6.07) is 7.49. The highest BCUT2D eigenvalue weighted by Gasteiger charge is 2.29. The molecule has 0 fully saturated rings. The molecule has 6 heteroatoms. The third-order valence-electron chi connectivity index (χ3n) is 3.42. The number of rotatable bonds is 4. The molecule has 0 amide bonds. The summed E-state index contributed by atoms with van der Waals surface area (Å²) < 4.78 is 10.4. The van der Waals surface area contributed by atoms with Gasteiger partial charge >= 0.3 is 0 Å². The van der Waals surface area contributed by atoms with E-state index in [4.69, 9.17) is 14.1 Å². The molecule has 0 bridgehead atoms. The van der Waals surface area contributed by atoms with E-state index in [1.165, 1.54) is 0 Å². The maximum Gasteiger partial charge on any atom is 0.271 e. The molecule has 0 radical (unpaired) electrons. The Morgan fingerprint density at radius 1 is 1.24 bits per heavy atom. The van der Waals surface area contributed by atoms with E-state index in [0.29, 0.717) is 24.1 Å². The van der Waals surface area contributed by atoms with Crippen LogP contribution in [0, 0.1) is 5.92 Å². The summed E-state index contributed by atoms with van der Waals surface area (Å²) >= 11 is 0. The highest BCUT2D eigenvalue weighted by Crippen LogP contribution is 2.30. The van der Waals surface area contributed by atoms with Crippen molar-refractivity contribution in [1.82, 2.24) is 10.1 Å². The minimum Gasteiger partial charge on any atom is -0.497 e. The number of methoxy groups -OCH3 is 1. The molecule has 1 atom stereocenters. The Kier molecular flexibility index (Phi) is 3.60. The van der Waals surface area contributed by atoms with Crippen LogP contribution in [0.5, 0.6) is 5.75 Å². The molecule has 1 aliphatic heterocycles. The molecule has 6 nitrogen and oxygen atoms in total. The Morgan fingerprint density at radius 3 is 2.62 bits per heavy atom. The van der Waals surface area contributed by atoms with Crippen molar-refractivity contribution in [3.63, 3.8) is 0 Å². The highest BCUT2D eigenvalue weighted by molar-refractivity contribution is 5.87. The van der Waals surface area contributed by atoms with Gasteiger partial charge in [0.2, 0.25) is 11.9 Å². The van der Waals surface area contributed by atoms with Gasteiger partial charge in [0.05, 0.1) is 12.8 Å². The quantitative estimate of drug-likeness (QED) is 0.863. The standard InChI is InChI=1S/C15H17N3O3/c1-9(2)12-8-13(20-17-12)15-16-14(18-21-15)10-4-6-11(19-3)7-5-10/h4-7,9,13H,8H2,1-3H3/t13-/m0/s1. The monoisotopic (exact) mass is 287 g/mol. The summed E-state index contributed by atoms with van der Waals surface area (Å²) in [5.74, 6) is 2.14. The lowest BCUT2D eigenvalue weighted by Gasteiger charge is -2.02. The molecule has 2 heterocycles. The Morgan fingerprint density at radius 2 is 2.00 bits per heavy atom. The number of benzene rings is 1. The van der Waals surface area contributed by atoms with E-state index in [2.05, 4.69) is 29.1 Å². The molecule has 110 valence electrons. The average molecular weight is 287 g/mol. The number of ether oxygens (including phenoxy) is 1. The molecule has 1 aromatic heterocycles. The Balaban J connectivity index is 1.75. The van der Waals surface area contributed by atoms with Crippen molar-refractivity contribution in [1.29, 1.82) is 0 Å². The molecule has 0 aliphatic carbocycles. The molecule has 0 unspecified atom stereocenters. The van der Waals surface area contributed by atoms with Gasteiger partial charge < -0.3 is 14.1 Å². The van der Waals surface area contributed by atoms with Gasteiger partial charge in [0.25, 0.3) is 5.89 Å². The molecular formula is C15H17N3O3. The Hall–Kier alpha value is -2.37. The van der Waals surface area contributed by atoms with Crippen LogP contribution >= 0.6 is 0 Å². The first-order chi connectivity index (χ1) is 10.2. The Labute approximate surface area is 122 Å². The van der Waals surface area contributed by atoms with Crippen molar-refractivity contribution in [3.8, 4) is 17.1 Å². The van der Waals surface area contributed by atoms with Crippen LogP contribution in [0.2, 0.25) is 0 Å². The second-order valence-electron chi connectivity index (χ2n) is 5.22. The van der Waals surface area contributed by atoms with Crippen molar-refractivity contribution in [2.45, 2.75) is 26.4 Å². The van der Waals surface area contributed by atoms with Crippen molar-refractivity contribution < 1.29 is 14.1 Å². The van der Waals surface area contributed by atoms with Crippen LogP contribution in [-0.4, -0.2) is 23.0 Å². The average Bonchev–Trinajstić information content (AvgIpc) is 3.16. The van der Waals surface area contributed by atoms with E-state index in [9.17, 15) is 0 Å². The van der Waals surface area contributed by atoms with E-state index < -0.39 is 0 Å². The maximum atomic E-state index is 5.37. The van der Waals surface area contributed by atoms with Crippen molar-refractivity contribution in [2.24, 2.45) is 11.1 Å². The molecule has 0 saturated heterocycles. The van der Waals surface area contributed by atoms with Crippen LogP contribution in [0.15, 0.2) is 33.9 Å². The fourth-order valence-corrected chi connectivity index (χ4v) is 2.09. The minimum absolute atomic E-state index is 0.276. The summed E-state index contributed by atoms with van der Waals surface area (Å²) in [5, 5.41) is 8.07. The van der Waals surface area contributed by atoms with Gasteiger partial charge in [-0.3, -0.25) is 0 Å². The molecule has 0 spiro atoms. The third kappa shape index (κ3) is 2.74. The first kappa shape index (κ1) is 13.6. The number of oxime groups is 1. The van der Waals surface area contributed by atoms with Crippen LogP contribution in [0.4, 0.5) is 0 Å². The summed E-state index contributed by atoms with van der Waals surface area (Å²) in [6.45, 7) is 4.17. The predicted octanol–water partition coefficient (Wildman–Crippen LogP) is 3.22. The van der Waals surface area contributed by atoms with Crippen LogP contribution < -0.4 is 4.74 Å². The SMILES string of the molecule is COc1ccc(-c2noc([C@@H]3CC(C(C)C)=NO3)n2)cc1. The van der Waals surface area contributed by atoms with Gasteiger partial charge in [-0.15, -0.1) is 0 Å². The van der Waals surface area contributed by atoms with E-state index in [0.717, 1.165) is 17.0 Å². The molecule has 21 heavy (non-hydrogen) atoms. The van der Waals surface area contributed by atoms with Gasteiger partial charge in [0.1, 0.15) is 5.75 Å². The third-order valence-corrected chi connectivity index (χ3v) is 3.42. The van der Waals surface area contributed by atoms with Gasteiger partial charge in [0, 0.05) is 12.0 Å². The molecule has 0 saturated carbocycles. The second kappa shape index (κ2) is 5.55. The minimum atomic E-state index is -0.276. The van der Waals surface area contributed by atoms with Gasteiger partial charge in [-0.1, -0.05) is 24.2 Å². The lowest BCUT2D eigenvalue weighted by Crippen LogP contribution is -2.06. The van der Waals surface area contributed by atoms with E-state index in [-0.39, 0.29) is 6.10 Å². The molecule has 3 rings (SSSR count). The van der Waals surface area contributed by atoms with Crippen molar-refractivity contribution >= 4 is 5.71 Å². The van der Waals surface area contributed by atoms with Crippen LogP contribution in [0.1, 0.15) is 32.3 Å². The largest absolute Gasteiger partial charge is 0.497 e. The normalized spacial score (nSPS) is 17.7. The maximum absolute atomic E-state index is 5.37. The summed E-state index contributed by atoms with van der Waals surface area (Å²) in [7, 11) is 1.63. The molecule has 1 aliphatic rings. The Bertz CT molecular complexity index is 646. The van der Waals surface area contributed by atoms with Crippen molar-refractivity contribution in [2.75, 3.05) is 7.11 Å². The van der Waals surface area contributed by atoms with Crippen molar-refractivity contribution in [3.05, 3.63) is 30.2 Å². The molecular weight excluding hydrogens is 270 g/mol. The topological polar surface area (TPSA) is 69.7 Å². The van der Waals surface area contributed by atoms with E-state index >= 15 is 0 Å². The molecule has 0 N–H and O–H groups in total. The molecule has 1 aromatic carbocycles. The number of aromatic nitrogens is 2. The zero-order chi connectivity index (χ0) is 14.8. The van der Waals surface area contributed by atoms with Gasteiger partial charge in [-0.25, -0.2) is 0 Å². The smallest absolute Gasteiger partial charge is 0.271 e. The van der Waals surface area contributed by atoms with Crippen LogP contribution in [0.3, 0.4) is 0 Å². The molecule has 2 aromatic rings. The van der Waals surface area contributed by atoms with Crippen LogP contribution in [0.25, 0.3) is 11.4 Å². The number of hydrogen-bond donors (Lipinski definition) is 0. The zero-order valence-corrected chi connectivity index (χ0v) is 12.2. The summed E-state index contributed by atoms with van der Waals surface area (Å²) in [6.07, 6.45) is 0.420. The lowest BCUT2D eigenvalue weighted by molar-refractivity contribution is 0.0599. The first-order valence-electron chi connectivity index (χ1n) is 6.88.